The van der Waals surface area contributed by atoms with Gasteiger partial charge in [0, 0.05) is 25.2 Å². The monoisotopic (exact) mass is 615 g/mol. The van der Waals surface area contributed by atoms with Gasteiger partial charge < -0.3 is 15.4 Å². The van der Waals surface area contributed by atoms with Gasteiger partial charge in [0.15, 0.2) is 5.65 Å². The molecule has 0 spiro atoms. The van der Waals surface area contributed by atoms with Crippen molar-refractivity contribution >= 4 is 33.1 Å². The SMILES string of the molecule is Nc1ncnc2n[nH]c(-c3ccc(Oc4ccccc4)cc3)c12.O=C(COS(=O)(=O)NCc1ccccc1)N1CCCCC1. The Bertz CT molecular complexity index is 1760. The number of nitrogens with two attached hydrogens (primary N) is 1. The second-order valence-corrected chi connectivity index (χ2v) is 11.4. The molecule has 228 valence electrons. The zero-order valence-corrected chi connectivity index (χ0v) is 24.7. The fourth-order valence-corrected chi connectivity index (χ4v) is 5.26. The molecule has 6 rings (SSSR count). The fourth-order valence-electron chi connectivity index (χ4n) is 4.57. The molecule has 1 saturated heterocycles. The van der Waals surface area contributed by atoms with E-state index < -0.39 is 16.9 Å². The number of H-pyrrole nitrogens is 1. The Morgan fingerprint density at radius 3 is 2.25 bits per heavy atom. The maximum Gasteiger partial charge on any atom is 0.336 e. The molecule has 0 aliphatic carbocycles. The van der Waals surface area contributed by atoms with Gasteiger partial charge in [0.05, 0.1) is 11.1 Å². The van der Waals surface area contributed by atoms with E-state index in [1.54, 1.807) is 17.0 Å². The van der Waals surface area contributed by atoms with E-state index >= 15 is 0 Å². The van der Waals surface area contributed by atoms with Crippen LogP contribution in [0.2, 0.25) is 0 Å². The van der Waals surface area contributed by atoms with Crippen molar-refractivity contribution in [2.45, 2.75) is 25.8 Å². The second kappa shape index (κ2) is 14.6. The Labute approximate surface area is 255 Å². The molecule has 1 aliphatic rings. The van der Waals surface area contributed by atoms with Crippen LogP contribution in [0.4, 0.5) is 5.82 Å². The van der Waals surface area contributed by atoms with Crippen LogP contribution in [0.15, 0.2) is 91.3 Å². The molecule has 3 heterocycles. The largest absolute Gasteiger partial charge is 0.457 e. The summed E-state index contributed by atoms with van der Waals surface area (Å²) in [5, 5.41) is 7.85. The number of likely N-dealkylation sites (tertiary alicyclic amines) is 1. The van der Waals surface area contributed by atoms with Crippen LogP contribution in [0.1, 0.15) is 24.8 Å². The number of anilines is 1. The van der Waals surface area contributed by atoms with Gasteiger partial charge >= 0.3 is 10.3 Å². The number of piperidine rings is 1. The van der Waals surface area contributed by atoms with E-state index in [9.17, 15) is 13.2 Å². The first-order valence-electron chi connectivity index (χ1n) is 14.1. The first-order valence-corrected chi connectivity index (χ1v) is 15.5. The summed E-state index contributed by atoms with van der Waals surface area (Å²) in [6.07, 6.45) is 4.44. The minimum absolute atomic E-state index is 0.140. The molecule has 4 N–H and O–H groups in total. The van der Waals surface area contributed by atoms with Gasteiger partial charge in [0.1, 0.15) is 30.3 Å². The molecule has 3 aromatic carbocycles. The molecule has 0 unspecified atom stereocenters. The molecule has 1 aliphatic heterocycles. The Morgan fingerprint density at radius 2 is 1.55 bits per heavy atom. The van der Waals surface area contributed by atoms with Gasteiger partial charge in [-0.2, -0.15) is 18.2 Å². The fraction of sp³-hybridized carbons (Fsp3) is 0.226. The lowest BCUT2D eigenvalue weighted by Gasteiger charge is -2.26. The molecule has 5 aromatic rings. The number of benzene rings is 3. The highest BCUT2D eigenvalue weighted by molar-refractivity contribution is 7.84. The highest BCUT2D eigenvalue weighted by Crippen LogP contribution is 2.30. The third-order valence-corrected chi connectivity index (χ3v) is 7.77. The molecule has 44 heavy (non-hydrogen) atoms. The highest BCUT2D eigenvalue weighted by atomic mass is 32.2. The summed E-state index contributed by atoms with van der Waals surface area (Å²) in [5.41, 5.74) is 9.05. The van der Waals surface area contributed by atoms with E-state index in [0.717, 1.165) is 53.0 Å². The average Bonchev–Trinajstić information content (AvgIpc) is 3.51. The summed E-state index contributed by atoms with van der Waals surface area (Å²) in [5.74, 6) is 1.68. The van der Waals surface area contributed by atoms with Gasteiger partial charge in [-0.15, -0.1) is 0 Å². The molecule has 2 aromatic heterocycles. The van der Waals surface area contributed by atoms with Gasteiger partial charge in [0.2, 0.25) is 5.91 Å². The van der Waals surface area contributed by atoms with Crippen LogP contribution in [0, 0.1) is 0 Å². The molecule has 0 atom stereocenters. The van der Waals surface area contributed by atoms with Gasteiger partial charge in [-0.25, -0.2) is 14.2 Å². The number of nitrogens with zero attached hydrogens (tertiary/aromatic N) is 4. The summed E-state index contributed by atoms with van der Waals surface area (Å²) in [4.78, 5) is 21.6. The number of ether oxygens (including phenoxy) is 1. The Morgan fingerprint density at radius 1 is 0.886 bits per heavy atom. The van der Waals surface area contributed by atoms with Crippen LogP contribution in [-0.2, 0) is 25.8 Å². The van der Waals surface area contributed by atoms with Crippen molar-refractivity contribution in [2.75, 3.05) is 25.4 Å². The van der Waals surface area contributed by atoms with E-state index in [1.165, 1.54) is 6.33 Å². The molecule has 0 radical (unpaired) electrons. The van der Waals surface area contributed by atoms with Gasteiger partial charge in [0.25, 0.3) is 0 Å². The molecule has 1 amide bonds. The zero-order chi connectivity index (χ0) is 30.8. The van der Waals surface area contributed by atoms with E-state index in [1.807, 2.05) is 72.8 Å². The third kappa shape index (κ3) is 8.37. The quantitative estimate of drug-likeness (QED) is 0.217. The van der Waals surface area contributed by atoms with E-state index in [-0.39, 0.29) is 12.5 Å². The topological polar surface area (TPSA) is 165 Å². The van der Waals surface area contributed by atoms with Crippen LogP contribution in [-0.4, -0.2) is 59.1 Å². The van der Waals surface area contributed by atoms with Crippen molar-refractivity contribution in [1.29, 1.82) is 0 Å². The molecule has 12 nitrogen and oxygen atoms in total. The van der Waals surface area contributed by atoms with Crippen molar-refractivity contribution in [2.24, 2.45) is 0 Å². The molecule has 1 fully saturated rings. The first-order chi connectivity index (χ1) is 21.4. The average molecular weight is 616 g/mol. The number of carbonyl (C=O) groups is 1. The lowest BCUT2D eigenvalue weighted by molar-refractivity contribution is -0.134. The number of hydrogen-bond donors (Lipinski definition) is 3. The van der Waals surface area contributed by atoms with E-state index in [2.05, 4.69) is 24.9 Å². The minimum atomic E-state index is -3.91. The molecular weight excluding hydrogens is 582 g/mol. The summed E-state index contributed by atoms with van der Waals surface area (Å²) in [6.45, 7) is 1.06. The maximum atomic E-state index is 11.8. The van der Waals surface area contributed by atoms with Crippen molar-refractivity contribution in [3.63, 3.8) is 0 Å². The summed E-state index contributed by atoms with van der Waals surface area (Å²) in [7, 11) is -3.91. The number of hydrogen-bond acceptors (Lipinski definition) is 9. The number of fused-ring (bicyclic) bond motifs is 1. The summed E-state index contributed by atoms with van der Waals surface area (Å²) in [6, 6.07) is 26.4. The number of aromatic amines is 1. The molecule has 0 saturated carbocycles. The van der Waals surface area contributed by atoms with Crippen LogP contribution >= 0.6 is 0 Å². The standard InChI is InChI=1S/C17H13N5O.C14H20N2O4S/c18-16-14-15(21-22-17(14)20-10-19-16)11-6-8-13(9-7-11)23-12-4-2-1-3-5-12;17-14(16-9-5-2-6-10-16)12-20-21(18,19)15-11-13-7-3-1-4-8-13/h1-10H,(H3,18,19,20,21,22);1,3-4,7-8,15H,2,5-6,9-12H2. The second-order valence-electron chi connectivity index (χ2n) is 9.96. The Balaban J connectivity index is 0.000000176. The predicted molar refractivity (Wildman–Crippen MR) is 167 cm³/mol. The van der Waals surface area contributed by atoms with Crippen molar-refractivity contribution in [1.82, 2.24) is 29.8 Å². The number of para-hydroxylation sites is 1. The minimum Gasteiger partial charge on any atom is -0.457 e. The van der Waals surface area contributed by atoms with Crippen LogP contribution in [0.5, 0.6) is 11.5 Å². The summed E-state index contributed by atoms with van der Waals surface area (Å²) < 4.78 is 36.2. The van der Waals surface area contributed by atoms with Gasteiger partial charge in [-0.3, -0.25) is 9.89 Å². The number of rotatable bonds is 9. The number of aromatic nitrogens is 4. The lowest BCUT2D eigenvalue weighted by atomic mass is 10.1. The zero-order valence-electron chi connectivity index (χ0n) is 23.9. The van der Waals surface area contributed by atoms with Crippen molar-refractivity contribution in [3.05, 3.63) is 96.8 Å². The van der Waals surface area contributed by atoms with Crippen LogP contribution in [0.3, 0.4) is 0 Å². The van der Waals surface area contributed by atoms with Gasteiger partial charge in [-0.1, -0.05) is 48.5 Å². The van der Waals surface area contributed by atoms with Crippen LogP contribution in [0.25, 0.3) is 22.3 Å². The smallest absolute Gasteiger partial charge is 0.336 e. The Hall–Kier alpha value is -4.85. The Kier molecular flexibility index (Phi) is 10.1. The first kappa shape index (κ1) is 30.6. The van der Waals surface area contributed by atoms with E-state index in [0.29, 0.717) is 24.6 Å². The highest BCUT2D eigenvalue weighted by Gasteiger charge is 2.20. The maximum absolute atomic E-state index is 11.8. The van der Waals surface area contributed by atoms with Crippen LogP contribution < -0.4 is 15.2 Å². The van der Waals surface area contributed by atoms with E-state index in [4.69, 9.17) is 14.7 Å². The normalized spacial score (nSPS) is 13.2. The van der Waals surface area contributed by atoms with Crippen molar-refractivity contribution < 1.29 is 22.1 Å². The lowest BCUT2D eigenvalue weighted by Crippen LogP contribution is -2.39. The number of nitrogens with one attached hydrogen (secondary N) is 2. The molecule has 13 heteroatoms. The third-order valence-electron chi connectivity index (χ3n) is 6.84. The molecule has 0 bridgehead atoms. The summed E-state index contributed by atoms with van der Waals surface area (Å²) >= 11 is 0. The number of amides is 1. The number of carbonyl (C=O) groups excluding carboxylic acids is 1. The number of nitrogen functional groups attached to an aromatic ring is 1. The van der Waals surface area contributed by atoms with Gasteiger partial charge in [-0.05, 0) is 61.2 Å². The van der Waals surface area contributed by atoms with Crippen molar-refractivity contribution in [3.8, 4) is 22.8 Å². The predicted octanol–water partition coefficient (Wildman–Crippen LogP) is 4.44. The molecular formula is C31H33N7O5S.